The van der Waals surface area contributed by atoms with E-state index >= 15 is 0 Å². The van der Waals surface area contributed by atoms with Crippen molar-refractivity contribution in [3.8, 4) is 5.75 Å². The van der Waals surface area contributed by atoms with Gasteiger partial charge in [-0.25, -0.2) is 4.79 Å². The van der Waals surface area contributed by atoms with Crippen molar-refractivity contribution in [2.75, 3.05) is 31.1 Å². The Morgan fingerprint density at radius 1 is 1.06 bits per heavy atom. The molecule has 0 bridgehead atoms. The molecule has 1 aliphatic rings. The lowest BCUT2D eigenvalue weighted by Gasteiger charge is -2.35. The number of amides is 1. The monoisotopic (exact) mass is 463 g/mol. The van der Waals surface area contributed by atoms with Crippen molar-refractivity contribution in [3.05, 3.63) is 63.5 Å². The van der Waals surface area contributed by atoms with Gasteiger partial charge in [-0.05, 0) is 61.6 Å². The van der Waals surface area contributed by atoms with Crippen LogP contribution < -0.4 is 10.5 Å². The smallest absolute Gasteiger partial charge is 0.339 e. The average Bonchev–Trinajstić information content (AvgIpc) is 3.26. The van der Waals surface area contributed by atoms with E-state index in [1.165, 1.54) is 16.2 Å². The first-order valence-electron chi connectivity index (χ1n) is 11.1. The molecule has 0 radical (unpaired) electrons. The van der Waals surface area contributed by atoms with Gasteiger partial charge in [0.2, 0.25) is 5.91 Å². The first-order chi connectivity index (χ1) is 15.9. The molecule has 0 saturated carbocycles. The molecule has 5 rings (SSSR count). The Hall–Kier alpha value is -3.39. The van der Waals surface area contributed by atoms with Crippen LogP contribution in [0, 0.1) is 13.8 Å². The van der Waals surface area contributed by atoms with Crippen molar-refractivity contribution < 1.29 is 14.3 Å². The van der Waals surface area contributed by atoms with Crippen molar-refractivity contribution in [1.29, 1.82) is 0 Å². The highest BCUT2D eigenvalue weighted by Gasteiger charge is 2.24. The van der Waals surface area contributed by atoms with Crippen LogP contribution in [0.3, 0.4) is 0 Å². The summed E-state index contributed by atoms with van der Waals surface area (Å²) in [7, 11) is 0. The molecule has 0 atom stereocenters. The van der Waals surface area contributed by atoms with Crippen LogP contribution in [0.5, 0.6) is 5.75 Å². The summed E-state index contributed by atoms with van der Waals surface area (Å²) in [4.78, 5) is 29.6. The number of nitrogens with zero attached hydrogens (tertiary/aromatic N) is 3. The summed E-state index contributed by atoms with van der Waals surface area (Å²) < 4.78 is 11.3. The average molecular weight is 464 g/mol. The van der Waals surface area contributed by atoms with Crippen LogP contribution in [0.25, 0.3) is 21.1 Å². The van der Waals surface area contributed by atoms with Gasteiger partial charge in [-0.2, -0.15) is 4.37 Å². The Bertz CT molecular complexity index is 1420. The molecule has 1 amide bonds. The minimum absolute atomic E-state index is 0.0403. The normalized spacial score (nSPS) is 14.4. The number of benzene rings is 2. The Balaban J connectivity index is 1.25. The number of fused-ring (bicyclic) bond motifs is 2. The number of hydrogen-bond donors (Lipinski definition) is 1. The number of carbonyl (C=O) groups excluding carboxylic acids is 1. The second kappa shape index (κ2) is 8.51. The zero-order valence-corrected chi connectivity index (χ0v) is 19.4. The molecule has 1 N–H and O–H groups in total. The van der Waals surface area contributed by atoms with Gasteiger partial charge in [0.25, 0.3) is 0 Å². The summed E-state index contributed by atoms with van der Waals surface area (Å²) in [6, 6.07) is 11.6. The summed E-state index contributed by atoms with van der Waals surface area (Å²) in [5, 5.41) is 11.8. The third-order valence-electron chi connectivity index (χ3n) is 6.55. The SMILES string of the molecule is Cc1c(CCC(=O)N2CCN(c3nsc4ccccc34)CC2)c(=O)oc2c(C)c(O)ccc12. The third kappa shape index (κ3) is 3.84. The van der Waals surface area contributed by atoms with Crippen LogP contribution in [0.15, 0.2) is 45.6 Å². The van der Waals surface area contributed by atoms with Crippen molar-refractivity contribution in [3.63, 3.8) is 0 Å². The van der Waals surface area contributed by atoms with Gasteiger partial charge in [0.05, 0.1) is 4.70 Å². The van der Waals surface area contributed by atoms with Crippen LogP contribution in [0.4, 0.5) is 5.82 Å². The molecule has 33 heavy (non-hydrogen) atoms. The summed E-state index contributed by atoms with van der Waals surface area (Å²) in [5.74, 6) is 1.13. The van der Waals surface area contributed by atoms with E-state index in [9.17, 15) is 14.7 Å². The van der Waals surface area contributed by atoms with E-state index < -0.39 is 5.63 Å². The lowest BCUT2D eigenvalue weighted by atomic mass is 10.00. The van der Waals surface area contributed by atoms with Crippen molar-refractivity contribution >= 4 is 44.3 Å². The van der Waals surface area contributed by atoms with Crippen LogP contribution in [0.2, 0.25) is 0 Å². The van der Waals surface area contributed by atoms with Gasteiger partial charge in [0, 0.05) is 54.5 Å². The number of carbonyl (C=O) groups is 1. The fourth-order valence-electron chi connectivity index (χ4n) is 4.53. The minimum Gasteiger partial charge on any atom is -0.508 e. The number of rotatable bonds is 4. The standard InChI is InChI=1S/C25H25N3O4S/c1-15-17-7-9-20(29)16(2)23(17)32-25(31)18(15)8-10-22(30)27-11-13-28(14-12-27)24-19-5-3-4-6-21(19)33-26-24/h3-7,9,29H,8,10-14H2,1-2H3. The fraction of sp³-hybridized carbons (Fsp3) is 0.320. The van der Waals surface area contributed by atoms with Crippen LogP contribution in [-0.2, 0) is 11.2 Å². The molecule has 2 aromatic heterocycles. The quantitative estimate of drug-likeness (QED) is 0.460. The Morgan fingerprint density at radius 2 is 1.82 bits per heavy atom. The Labute approximate surface area is 195 Å². The highest BCUT2D eigenvalue weighted by molar-refractivity contribution is 7.13. The van der Waals surface area contributed by atoms with Gasteiger partial charge in [-0.1, -0.05) is 12.1 Å². The van der Waals surface area contributed by atoms with E-state index in [2.05, 4.69) is 21.4 Å². The topological polar surface area (TPSA) is 86.9 Å². The lowest BCUT2D eigenvalue weighted by molar-refractivity contribution is -0.131. The zero-order chi connectivity index (χ0) is 23.1. The molecular weight excluding hydrogens is 438 g/mol. The molecular formula is C25H25N3O4S. The van der Waals surface area contributed by atoms with Crippen molar-refractivity contribution in [2.45, 2.75) is 26.7 Å². The lowest BCUT2D eigenvalue weighted by Crippen LogP contribution is -2.49. The highest BCUT2D eigenvalue weighted by Crippen LogP contribution is 2.30. The van der Waals surface area contributed by atoms with E-state index in [0.29, 0.717) is 36.2 Å². The predicted octanol–water partition coefficient (Wildman–Crippen LogP) is 4.01. The van der Waals surface area contributed by atoms with E-state index in [-0.39, 0.29) is 18.1 Å². The third-order valence-corrected chi connectivity index (χ3v) is 7.37. The molecule has 7 nitrogen and oxygen atoms in total. The molecule has 2 aromatic carbocycles. The van der Waals surface area contributed by atoms with E-state index in [1.54, 1.807) is 19.1 Å². The number of phenols is 1. The molecule has 0 aliphatic carbocycles. The van der Waals surface area contributed by atoms with E-state index in [1.807, 2.05) is 24.0 Å². The summed E-state index contributed by atoms with van der Waals surface area (Å²) in [6.07, 6.45) is 0.591. The predicted molar refractivity (Wildman–Crippen MR) is 130 cm³/mol. The van der Waals surface area contributed by atoms with Gasteiger partial charge in [-0.3, -0.25) is 4.79 Å². The highest BCUT2D eigenvalue weighted by atomic mass is 32.1. The summed E-state index contributed by atoms with van der Waals surface area (Å²) >= 11 is 1.50. The maximum Gasteiger partial charge on any atom is 0.339 e. The number of aryl methyl sites for hydroxylation is 2. The number of hydrogen-bond acceptors (Lipinski definition) is 7. The van der Waals surface area contributed by atoms with Gasteiger partial charge in [0.15, 0.2) is 0 Å². The first-order valence-corrected chi connectivity index (χ1v) is 11.8. The summed E-state index contributed by atoms with van der Waals surface area (Å²) in [6.45, 7) is 6.32. The van der Waals surface area contributed by atoms with Crippen LogP contribution >= 0.6 is 11.5 Å². The molecule has 4 aromatic rings. The van der Waals surface area contributed by atoms with Crippen LogP contribution in [0.1, 0.15) is 23.1 Å². The fourth-order valence-corrected chi connectivity index (χ4v) is 5.32. The molecule has 1 aliphatic heterocycles. The second-order valence-electron chi connectivity index (χ2n) is 8.45. The summed E-state index contributed by atoms with van der Waals surface area (Å²) in [5.41, 5.74) is 1.83. The molecule has 8 heteroatoms. The second-order valence-corrected chi connectivity index (χ2v) is 9.25. The molecule has 1 fully saturated rings. The van der Waals surface area contributed by atoms with Crippen LogP contribution in [-0.4, -0.2) is 46.5 Å². The first kappa shape index (κ1) is 21.5. The van der Waals surface area contributed by atoms with Gasteiger partial charge in [0.1, 0.15) is 17.2 Å². The zero-order valence-electron chi connectivity index (χ0n) is 18.6. The molecule has 3 heterocycles. The maximum absolute atomic E-state index is 12.9. The maximum atomic E-state index is 12.9. The number of aromatic hydroxyl groups is 1. The Kier molecular flexibility index (Phi) is 5.54. The molecule has 170 valence electrons. The number of anilines is 1. The van der Waals surface area contributed by atoms with Gasteiger partial charge < -0.3 is 19.3 Å². The molecule has 1 saturated heterocycles. The largest absolute Gasteiger partial charge is 0.508 e. The molecule has 0 spiro atoms. The number of phenolic OH excluding ortho intramolecular Hbond substituents is 1. The molecule has 0 unspecified atom stereocenters. The van der Waals surface area contributed by atoms with Crippen molar-refractivity contribution in [1.82, 2.24) is 9.27 Å². The van der Waals surface area contributed by atoms with Gasteiger partial charge >= 0.3 is 5.63 Å². The number of piperazine rings is 1. The van der Waals surface area contributed by atoms with E-state index in [0.717, 1.165) is 35.2 Å². The van der Waals surface area contributed by atoms with Gasteiger partial charge in [-0.15, -0.1) is 0 Å². The Morgan fingerprint density at radius 3 is 2.61 bits per heavy atom. The van der Waals surface area contributed by atoms with Crippen molar-refractivity contribution in [2.24, 2.45) is 0 Å². The minimum atomic E-state index is -0.443. The van der Waals surface area contributed by atoms with E-state index in [4.69, 9.17) is 4.42 Å². The number of aromatic nitrogens is 1.